The van der Waals surface area contributed by atoms with Crippen LogP contribution in [0.2, 0.25) is 0 Å². The van der Waals surface area contributed by atoms with Gasteiger partial charge < -0.3 is 19.5 Å². The van der Waals surface area contributed by atoms with Gasteiger partial charge in [-0.25, -0.2) is 0 Å². The standard InChI is InChI=1S/C12H17NO3S/c1-14-7-6-13-12(17)9-4-5-10(15-2)11(8-9)16-3/h4-5,8H,6-7H2,1-3H3,(H,13,17). The second-order valence-corrected chi connectivity index (χ2v) is 3.73. The molecule has 0 saturated carbocycles. The highest BCUT2D eigenvalue weighted by atomic mass is 32.1. The monoisotopic (exact) mass is 255 g/mol. The number of ether oxygens (including phenoxy) is 3. The Morgan fingerprint density at radius 1 is 1.18 bits per heavy atom. The van der Waals surface area contributed by atoms with E-state index in [0.717, 1.165) is 5.56 Å². The Kier molecular flexibility index (Phi) is 5.72. The molecule has 0 fully saturated rings. The zero-order valence-electron chi connectivity index (χ0n) is 10.3. The van der Waals surface area contributed by atoms with Gasteiger partial charge in [0, 0.05) is 19.2 Å². The Morgan fingerprint density at radius 2 is 1.88 bits per heavy atom. The van der Waals surface area contributed by atoms with Crippen molar-refractivity contribution < 1.29 is 14.2 Å². The van der Waals surface area contributed by atoms with Crippen molar-refractivity contribution in [3.8, 4) is 11.5 Å². The van der Waals surface area contributed by atoms with Crippen molar-refractivity contribution in [2.24, 2.45) is 0 Å². The van der Waals surface area contributed by atoms with Gasteiger partial charge in [0.25, 0.3) is 0 Å². The molecule has 0 aliphatic carbocycles. The highest BCUT2D eigenvalue weighted by Crippen LogP contribution is 2.27. The third-order valence-corrected chi connectivity index (χ3v) is 2.62. The van der Waals surface area contributed by atoms with E-state index >= 15 is 0 Å². The van der Waals surface area contributed by atoms with Gasteiger partial charge in [-0.05, 0) is 18.2 Å². The Hall–Kier alpha value is -1.33. The summed E-state index contributed by atoms with van der Waals surface area (Å²) in [5, 5.41) is 3.10. The molecule has 1 rings (SSSR count). The summed E-state index contributed by atoms with van der Waals surface area (Å²) in [6.07, 6.45) is 0. The summed E-state index contributed by atoms with van der Waals surface area (Å²) >= 11 is 5.26. The molecule has 0 aliphatic heterocycles. The molecule has 0 atom stereocenters. The lowest BCUT2D eigenvalue weighted by atomic mass is 10.2. The first-order chi connectivity index (χ1) is 8.22. The van der Waals surface area contributed by atoms with Crippen molar-refractivity contribution in [3.63, 3.8) is 0 Å². The van der Waals surface area contributed by atoms with Crippen LogP contribution in [0.25, 0.3) is 0 Å². The molecule has 17 heavy (non-hydrogen) atoms. The summed E-state index contributed by atoms with van der Waals surface area (Å²) in [7, 11) is 4.86. The van der Waals surface area contributed by atoms with Gasteiger partial charge in [0.15, 0.2) is 11.5 Å². The molecule has 1 N–H and O–H groups in total. The summed E-state index contributed by atoms with van der Waals surface area (Å²) in [4.78, 5) is 0.669. The molecule has 0 amide bonds. The average Bonchev–Trinajstić information content (AvgIpc) is 2.38. The van der Waals surface area contributed by atoms with Crippen molar-refractivity contribution in [1.29, 1.82) is 0 Å². The van der Waals surface area contributed by atoms with Crippen molar-refractivity contribution in [3.05, 3.63) is 23.8 Å². The molecule has 0 saturated heterocycles. The predicted octanol–water partition coefficient (Wildman–Crippen LogP) is 1.62. The Balaban J connectivity index is 2.74. The van der Waals surface area contributed by atoms with E-state index in [2.05, 4.69) is 5.32 Å². The molecular weight excluding hydrogens is 238 g/mol. The van der Waals surface area contributed by atoms with E-state index in [0.29, 0.717) is 29.6 Å². The summed E-state index contributed by atoms with van der Waals surface area (Å²) in [6.45, 7) is 1.30. The van der Waals surface area contributed by atoms with Gasteiger partial charge in [-0.2, -0.15) is 0 Å². The van der Waals surface area contributed by atoms with E-state index in [-0.39, 0.29) is 0 Å². The van der Waals surface area contributed by atoms with E-state index in [1.165, 1.54) is 0 Å². The minimum Gasteiger partial charge on any atom is -0.493 e. The summed E-state index contributed by atoms with van der Waals surface area (Å²) in [5.41, 5.74) is 0.897. The number of thiocarbonyl (C=S) groups is 1. The van der Waals surface area contributed by atoms with Crippen LogP contribution in [-0.2, 0) is 4.74 Å². The van der Waals surface area contributed by atoms with E-state index in [1.54, 1.807) is 21.3 Å². The lowest BCUT2D eigenvalue weighted by Gasteiger charge is -2.11. The average molecular weight is 255 g/mol. The fourth-order valence-corrected chi connectivity index (χ4v) is 1.58. The van der Waals surface area contributed by atoms with Gasteiger partial charge in [-0.1, -0.05) is 12.2 Å². The topological polar surface area (TPSA) is 39.7 Å². The number of hydrogen-bond donors (Lipinski definition) is 1. The van der Waals surface area contributed by atoms with E-state index < -0.39 is 0 Å². The van der Waals surface area contributed by atoms with Gasteiger partial charge in [0.1, 0.15) is 4.99 Å². The van der Waals surface area contributed by atoms with Crippen LogP contribution < -0.4 is 14.8 Å². The van der Waals surface area contributed by atoms with Crippen LogP contribution >= 0.6 is 12.2 Å². The van der Waals surface area contributed by atoms with Gasteiger partial charge in [0.05, 0.1) is 20.8 Å². The molecule has 0 bridgehead atoms. The number of methoxy groups -OCH3 is 3. The smallest absolute Gasteiger partial charge is 0.161 e. The first kappa shape index (κ1) is 13.7. The Labute approximate surface area is 107 Å². The molecule has 4 nitrogen and oxygen atoms in total. The van der Waals surface area contributed by atoms with Crippen molar-refractivity contribution in [2.45, 2.75) is 0 Å². The summed E-state index contributed by atoms with van der Waals surface area (Å²) < 4.78 is 15.3. The lowest BCUT2D eigenvalue weighted by molar-refractivity contribution is 0.204. The normalized spacial score (nSPS) is 9.82. The quantitative estimate of drug-likeness (QED) is 0.618. The summed E-state index contributed by atoms with van der Waals surface area (Å²) in [6, 6.07) is 5.57. The predicted molar refractivity (Wildman–Crippen MR) is 71.1 cm³/mol. The molecule has 0 unspecified atom stereocenters. The fourth-order valence-electron chi connectivity index (χ4n) is 1.35. The van der Waals surface area contributed by atoms with E-state index in [4.69, 9.17) is 26.4 Å². The highest BCUT2D eigenvalue weighted by molar-refractivity contribution is 7.80. The molecular formula is C12H17NO3S. The minimum absolute atomic E-state index is 0.618. The fraction of sp³-hybridized carbons (Fsp3) is 0.417. The molecule has 0 aromatic heterocycles. The second-order valence-electron chi connectivity index (χ2n) is 3.32. The van der Waals surface area contributed by atoms with E-state index in [1.807, 2.05) is 18.2 Å². The van der Waals surface area contributed by atoms with Gasteiger partial charge >= 0.3 is 0 Å². The minimum atomic E-state index is 0.618. The zero-order chi connectivity index (χ0) is 12.7. The van der Waals surface area contributed by atoms with Crippen LogP contribution in [0, 0.1) is 0 Å². The number of nitrogens with one attached hydrogen (secondary N) is 1. The first-order valence-corrected chi connectivity index (χ1v) is 5.63. The molecule has 0 radical (unpaired) electrons. The molecule has 0 heterocycles. The van der Waals surface area contributed by atoms with E-state index in [9.17, 15) is 0 Å². The van der Waals surface area contributed by atoms with Crippen molar-refractivity contribution >= 4 is 17.2 Å². The third kappa shape index (κ3) is 3.87. The van der Waals surface area contributed by atoms with Gasteiger partial charge in [0.2, 0.25) is 0 Å². The van der Waals surface area contributed by atoms with Crippen molar-refractivity contribution in [2.75, 3.05) is 34.5 Å². The van der Waals surface area contributed by atoms with Crippen LogP contribution in [0.4, 0.5) is 0 Å². The highest BCUT2D eigenvalue weighted by Gasteiger charge is 2.07. The van der Waals surface area contributed by atoms with Gasteiger partial charge in [-0.15, -0.1) is 0 Å². The molecule has 1 aromatic rings. The molecule has 5 heteroatoms. The first-order valence-electron chi connectivity index (χ1n) is 5.22. The molecule has 1 aromatic carbocycles. The number of hydrogen-bond acceptors (Lipinski definition) is 4. The maximum Gasteiger partial charge on any atom is 0.161 e. The zero-order valence-corrected chi connectivity index (χ0v) is 11.1. The second kappa shape index (κ2) is 7.09. The maximum absolute atomic E-state index is 5.26. The van der Waals surface area contributed by atoms with Crippen LogP contribution in [0.3, 0.4) is 0 Å². The van der Waals surface area contributed by atoms with Crippen molar-refractivity contribution in [1.82, 2.24) is 5.32 Å². The number of rotatable bonds is 6. The molecule has 94 valence electrons. The van der Waals surface area contributed by atoms with Crippen LogP contribution in [0.1, 0.15) is 5.56 Å². The van der Waals surface area contributed by atoms with Gasteiger partial charge in [-0.3, -0.25) is 0 Å². The SMILES string of the molecule is COCCNC(=S)c1ccc(OC)c(OC)c1. The maximum atomic E-state index is 5.26. The number of benzene rings is 1. The third-order valence-electron chi connectivity index (χ3n) is 2.24. The Bertz CT molecular complexity index is 382. The summed E-state index contributed by atoms with van der Waals surface area (Å²) in [5.74, 6) is 1.36. The lowest BCUT2D eigenvalue weighted by Crippen LogP contribution is -2.26. The largest absolute Gasteiger partial charge is 0.493 e. The van der Waals surface area contributed by atoms with Crippen LogP contribution in [-0.4, -0.2) is 39.5 Å². The van der Waals surface area contributed by atoms with Crippen LogP contribution in [0.15, 0.2) is 18.2 Å². The molecule has 0 spiro atoms. The Morgan fingerprint density at radius 3 is 2.47 bits per heavy atom. The molecule has 0 aliphatic rings. The van der Waals surface area contributed by atoms with Crippen LogP contribution in [0.5, 0.6) is 11.5 Å².